The van der Waals surface area contributed by atoms with Crippen LogP contribution in [0.25, 0.3) is 42.7 Å². The number of Topliss-reactive ketones (excluding diaryl/α,β-unsaturated/α-hetero) is 6. The Bertz CT molecular complexity index is 6050. The molecule has 22 nitrogen and oxygen atoms in total. The van der Waals surface area contributed by atoms with Gasteiger partial charge in [-0.3, -0.25) is 28.8 Å². The Morgan fingerprint density at radius 3 is 1.12 bits per heavy atom. The summed E-state index contributed by atoms with van der Waals surface area (Å²) in [6.45, 7) is 8.08. The van der Waals surface area contributed by atoms with Crippen LogP contribution < -0.4 is 86.3 Å². The number of nitrogens with zero attached hydrogens (tertiary/aromatic N) is 5. The van der Waals surface area contributed by atoms with Gasteiger partial charge in [0.25, 0.3) is 0 Å². The third kappa shape index (κ3) is 34.0. The number of carbonyl (C=O) groups excluding carboxylic acids is 6. The molecule has 36 heteroatoms. The summed E-state index contributed by atoms with van der Waals surface area (Å²) >= 11 is 29.2. The first-order valence-corrected chi connectivity index (χ1v) is 45.1. The van der Waals surface area contributed by atoms with Crippen molar-refractivity contribution in [2.75, 3.05) is 56.9 Å². The zero-order chi connectivity index (χ0) is 94.7. The maximum Gasteiger partial charge on any atom is 2.00 e. The quantitative estimate of drug-likeness (QED) is 0.0110. The normalized spacial score (nSPS) is 10.1. The summed E-state index contributed by atoms with van der Waals surface area (Å²) in [6.07, 6.45) is 2.04. The molecule has 0 amide bonds. The minimum absolute atomic E-state index is 0. The number of fused-ring (bicyclic) bond motifs is 2. The molecule has 0 aliphatic carbocycles. The summed E-state index contributed by atoms with van der Waals surface area (Å²) in [5, 5.41) is 25.3. The van der Waals surface area contributed by atoms with Crippen LogP contribution in [0.15, 0.2) is 211 Å². The molecular weight excluding hydrogens is 2120 g/mol. The van der Waals surface area contributed by atoms with Gasteiger partial charge in [-0.15, -0.1) is 34.3 Å². The molecule has 0 saturated heterocycles. The van der Waals surface area contributed by atoms with Gasteiger partial charge in [-0.05, 0) is 221 Å². The Balaban J connectivity index is 0.000000348. The average Bonchev–Trinajstić information content (AvgIpc) is 1.63. The van der Waals surface area contributed by atoms with Gasteiger partial charge in [-0.1, -0.05) is 95.5 Å². The molecule has 2 N–H and O–H groups in total. The number of carbonyl (C=O) groups is 6. The van der Waals surface area contributed by atoms with Gasteiger partial charge in [0.1, 0.15) is 81.2 Å². The largest absolute Gasteiger partial charge is 2.00 e. The molecule has 0 bridgehead atoms. The molecule has 14 aromatic rings. The number of pyridine rings is 5. The Labute approximate surface area is 871 Å². The van der Waals surface area contributed by atoms with Crippen molar-refractivity contribution in [2.24, 2.45) is 0 Å². The Morgan fingerprint density at radius 1 is 0.396 bits per heavy atom. The van der Waals surface area contributed by atoms with Crippen molar-refractivity contribution in [3.63, 3.8) is 0 Å². The average molecular weight is 2210 g/mol. The third-order valence-electron chi connectivity index (χ3n) is 18.8. The summed E-state index contributed by atoms with van der Waals surface area (Å²) in [6, 6.07) is 56.3. The first-order valence-electron chi connectivity index (χ1n) is 39.5. The number of rotatable bonds is 29. The van der Waals surface area contributed by atoms with Gasteiger partial charge in [-0.2, -0.15) is 13.8 Å². The van der Waals surface area contributed by atoms with Crippen LogP contribution in [0.2, 0.25) is 15.5 Å². The summed E-state index contributed by atoms with van der Waals surface area (Å²) in [7, 11) is 12.3. The third-order valence-corrected chi connectivity index (χ3v) is 23.3. The van der Waals surface area contributed by atoms with E-state index in [1.807, 2.05) is 128 Å². The summed E-state index contributed by atoms with van der Waals surface area (Å²) in [4.78, 5) is 96.4. The molecule has 0 aliphatic heterocycles. The van der Waals surface area contributed by atoms with Crippen LogP contribution in [0.3, 0.4) is 0 Å². The molecule has 7 aromatic carbocycles. The second-order valence-corrected chi connectivity index (χ2v) is 32.8. The van der Waals surface area contributed by atoms with Gasteiger partial charge in [0.15, 0.2) is 74.9 Å². The molecule has 14 rings (SSSR count). The Hall–Kier alpha value is -9.55. The number of ketones is 6. The topological polar surface area (TPSA) is 290 Å². The van der Waals surface area contributed by atoms with Gasteiger partial charge < -0.3 is 84.1 Å². The van der Waals surface area contributed by atoms with Crippen molar-refractivity contribution in [1.29, 1.82) is 0 Å². The van der Waals surface area contributed by atoms with Gasteiger partial charge in [-0.25, -0.2) is 33.7 Å². The molecule has 0 fully saturated rings. The van der Waals surface area contributed by atoms with E-state index in [9.17, 15) is 42.7 Å². The van der Waals surface area contributed by atoms with Crippen molar-refractivity contribution < 1.29 is 134 Å². The second kappa shape index (κ2) is 59.5. The van der Waals surface area contributed by atoms with Gasteiger partial charge in [0, 0.05) is 93.8 Å². The second-order valence-electron chi connectivity index (χ2n) is 27.6. The predicted molar refractivity (Wildman–Crippen MR) is 530 cm³/mol. The number of benzene rings is 7. The summed E-state index contributed by atoms with van der Waals surface area (Å²) in [5.41, 5.74) is 7.97. The van der Waals surface area contributed by atoms with Gasteiger partial charge >= 0.3 is 41.9 Å². The molecular formula is C98H90Cl6F2I2LiMgN5O17S2. The maximum atomic E-state index is 14.1. The monoisotopic (exact) mass is 2210 g/mol. The van der Waals surface area contributed by atoms with E-state index in [4.69, 9.17) is 94.1 Å². The van der Waals surface area contributed by atoms with Crippen LogP contribution in [0.5, 0.6) is 63.2 Å². The molecule has 0 aliphatic rings. The molecule has 0 unspecified atom stereocenters. The first-order chi connectivity index (χ1) is 62.5. The van der Waals surface area contributed by atoms with Crippen molar-refractivity contribution in [2.45, 2.75) is 78.7 Å². The van der Waals surface area contributed by atoms with Crippen LogP contribution in [0, 0.1) is 39.3 Å². The van der Waals surface area contributed by atoms with Crippen molar-refractivity contribution >= 4 is 192 Å². The fourth-order valence-corrected chi connectivity index (χ4v) is 15.9. The molecule has 694 valence electrons. The number of halogens is 10. The number of aryl methyl sites for hydroxylation is 2. The van der Waals surface area contributed by atoms with Crippen LogP contribution in [-0.2, 0) is 12.5 Å². The summed E-state index contributed by atoms with van der Waals surface area (Å²) < 4.78 is 77.4. The SMILES string of the molecule is COc1ccc(C(=O)CCC(=O)c2nc(-c3csc4c(F)cccc34)ccc2C)cc1OC.COc1ccc(C(=O)CCC(=O)c2nc(-c3csc4c(F)cccc34)ccc2O)cc1OC.COc1ccc(C(=O)CCC(=O)c2nc(Cl)ccc2C)cc1OC.COc1ccc(CCl)cc1.COc1ccc(COc2ccc(Cl)nc2I)cc1.C[CH-]C.Oc1ccc(Cl)nc1I.[Cl-].[Cl-].[Li+].[Mg+2]. The molecule has 0 saturated carbocycles. The minimum atomic E-state index is -0.464. The van der Waals surface area contributed by atoms with Crippen molar-refractivity contribution in [3.05, 3.63) is 308 Å². The van der Waals surface area contributed by atoms with E-state index < -0.39 is 5.78 Å². The van der Waals surface area contributed by atoms with E-state index in [0.717, 1.165) is 54.2 Å². The predicted octanol–water partition coefficient (Wildman–Crippen LogP) is 16.1. The number of alkyl halides is 1. The van der Waals surface area contributed by atoms with Crippen LogP contribution in [0.4, 0.5) is 8.78 Å². The van der Waals surface area contributed by atoms with E-state index in [-0.39, 0.29) is 168 Å². The van der Waals surface area contributed by atoms with Crippen LogP contribution in [0.1, 0.15) is 137 Å². The fourth-order valence-electron chi connectivity index (χ4n) is 12.0. The van der Waals surface area contributed by atoms with E-state index in [1.165, 1.54) is 89.6 Å². The van der Waals surface area contributed by atoms with Crippen molar-refractivity contribution in [3.8, 4) is 85.8 Å². The number of aromatic hydroxyl groups is 2. The number of ether oxygens (including phenoxy) is 9. The van der Waals surface area contributed by atoms with E-state index in [2.05, 4.69) is 47.5 Å². The van der Waals surface area contributed by atoms with E-state index in [0.29, 0.717) is 121 Å². The maximum absolute atomic E-state index is 14.1. The number of hydrogen-bond acceptors (Lipinski definition) is 24. The number of hydrogen-bond donors (Lipinski definition) is 2. The number of aromatic nitrogens is 5. The van der Waals surface area contributed by atoms with Gasteiger partial charge in [0.05, 0.1) is 77.7 Å². The van der Waals surface area contributed by atoms with Crippen molar-refractivity contribution in [1.82, 2.24) is 24.9 Å². The molecule has 0 radical (unpaired) electrons. The number of thiophene rings is 2. The Kier molecular flexibility index (Phi) is 51.8. The Morgan fingerprint density at radius 2 is 0.731 bits per heavy atom. The summed E-state index contributed by atoms with van der Waals surface area (Å²) in [5.74, 6) is 3.76. The standard InChI is InChI=1S/C26H22FNO4S.C25H20FNO5S.C18H18ClNO4.C13H11ClINO2.C8H9ClO.C5H3ClINO.C3H7.2ClH.Li.Mg/c1-15-7-9-20(18-14-33-26-17(18)5-4-6-19(26)27)28-25(15)22(30)11-10-21(29)16-8-12-23(31-2)24(13-16)32-3;1-31-22-11-6-14(12-23(22)32-2)19(28)9-10-21(30)24-20(29)8-7-18(27-24)16-13-33-25-15(16)4-3-5-17(25)26;1-11-4-9-17(19)20-18(11)14(22)7-6-13(21)12-5-8-15(23-2)16(10-12)24-3;1-17-10-4-2-9(3-5-10)8-18-11-6-7-12(14)16-13(11)15;1-10-8-4-2-7(6-9)3-5-8;6-4-2-1-3(9)5(7)8-4;1-3-2;;;;/h4-9,12-14H,10-11H2,1-3H3;3-8,11-13,29H,9-10H2,1-2H3;4-5,8-10H,6-7H2,1-3H3;2-7H,8H2,1H3;2-5H,6H2,1H3;1-2,9H;3H,1-2H3;2*1H;;/q;;;;;;-1;;;+1;+2/p-2. The number of methoxy groups -OCH3 is 8. The van der Waals surface area contributed by atoms with Crippen LogP contribution in [-0.4, -0.2) is 150 Å². The van der Waals surface area contributed by atoms with Crippen LogP contribution >= 0.6 is 114 Å². The molecule has 134 heavy (non-hydrogen) atoms. The molecule has 7 heterocycles. The molecule has 0 spiro atoms. The minimum Gasteiger partial charge on any atom is -1.00 e. The fraction of sp³-hybridized carbons (Fsp3) is 0.204. The zero-order valence-electron chi connectivity index (χ0n) is 75.0. The molecule has 7 aromatic heterocycles. The molecule has 0 atom stereocenters. The van der Waals surface area contributed by atoms with Gasteiger partial charge in [0.2, 0.25) is 0 Å². The van der Waals surface area contributed by atoms with E-state index in [1.54, 1.807) is 130 Å². The smallest absolute Gasteiger partial charge is 1.00 e. The zero-order valence-corrected chi connectivity index (χ0v) is 86.9. The first kappa shape index (κ1) is 117. The van der Waals surface area contributed by atoms with E-state index >= 15 is 0 Å².